The smallest absolute Gasteiger partial charge is 0.306 e. The van der Waals surface area contributed by atoms with Crippen LogP contribution in [0.4, 0.5) is 0 Å². The number of carbonyl (C=O) groups is 3. The lowest BCUT2D eigenvalue weighted by Gasteiger charge is -2.18. The molecule has 0 aromatic carbocycles. The molecular formula is C46H84O6. The first-order valence-electron chi connectivity index (χ1n) is 22.3. The molecule has 6 heteroatoms. The second-order valence-corrected chi connectivity index (χ2v) is 15.0. The van der Waals surface area contributed by atoms with Crippen molar-refractivity contribution < 1.29 is 28.6 Å². The molecule has 0 bridgehead atoms. The maximum Gasteiger partial charge on any atom is 0.306 e. The topological polar surface area (TPSA) is 78.9 Å². The highest BCUT2D eigenvalue weighted by molar-refractivity contribution is 5.71. The number of esters is 3. The number of hydrogen-bond donors (Lipinski definition) is 0. The predicted molar refractivity (Wildman–Crippen MR) is 219 cm³/mol. The van der Waals surface area contributed by atoms with E-state index in [4.69, 9.17) is 14.2 Å². The Kier molecular flexibility index (Phi) is 40.0. The van der Waals surface area contributed by atoms with Gasteiger partial charge in [0.2, 0.25) is 0 Å². The zero-order valence-corrected chi connectivity index (χ0v) is 34.6. The van der Waals surface area contributed by atoms with E-state index in [-0.39, 0.29) is 31.1 Å². The Balaban J connectivity index is 4.38. The summed E-state index contributed by atoms with van der Waals surface area (Å²) in [5.41, 5.74) is 0. The van der Waals surface area contributed by atoms with E-state index in [9.17, 15) is 14.4 Å². The molecule has 0 aliphatic heterocycles. The fourth-order valence-corrected chi connectivity index (χ4v) is 6.24. The van der Waals surface area contributed by atoms with Gasteiger partial charge in [-0.2, -0.15) is 0 Å². The van der Waals surface area contributed by atoms with Crippen LogP contribution in [0.2, 0.25) is 0 Å². The van der Waals surface area contributed by atoms with E-state index >= 15 is 0 Å². The lowest BCUT2D eigenvalue weighted by atomic mass is 10.1. The van der Waals surface area contributed by atoms with E-state index in [1.807, 2.05) is 0 Å². The summed E-state index contributed by atoms with van der Waals surface area (Å²) >= 11 is 0. The molecule has 0 saturated heterocycles. The lowest BCUT2D eigenvalue weighted by molar-refractivity contribution is -0.167. The van der Waals surface area contributed by atoms with E-state index in [2.05, 4.69) is 45.1 Å². The average Bonchev–Trinajstić information content (AvgIpc) is 3.14. The minimum Gasteiger partial charge on any atom is -0.462 e. The molecule has 0 aliphatic carbocycles. The third kappa shape index (κ3) is 39.1. The zero-order chi connectivity index (χ0) is 38.0. The van der Waals surface area contributed by atoms with Gasteiger partial charge in [-0.1, -0.05) is 173 Å². The molecule has 0 spiro atoms. The highest BCUT2D eigenvalue weighted by Gasteiger charge is 2.19. The Labute approximate surface area is 322 Å². The second-order valence-electron chi connectivity index (χ2n) is 15.0. The largest absolute Gasteiger partial charge is 0.462 e. The van der Waals surface area contributed by atoms with Crippen molar-refractivity contribution in [2.24, 2.45) is 0 Å². The maximum atomic E-state index is 12.7. The van der Waals surface area contributed by atoms with E-state index in [0.29, 0.717) is 19.3 Å². The van der Waals surface area contributed by atoms with Crippen LogP contribution in [0.3, 0.4) is 0 Å². The molecule has 1 unspecified atom stereocenters. The Hall–Kier alpha value is -2.11. The molecule has 0 aromatic rings. The summed E-state index contributed by atoms with van der Waals surface area (Å²) < 4.78 is 16.6. The van der Waals surface area contributed by atoms with Crippen LogP contribution in [0.1, 0.15) is 233 Å². The quantitative estimate of drug-likeness (QED) is 0.0270. The average molecular weight is 733 g/mol. The van der Waals surface area contributed by atoms with Crippen LogP contribution in [-0.4, -0.2) is 37.2 Å². The van der Waals surface area contributed by atoms with Gasteiger partial charge in [-0.25, -0.2) is 0 Å². The number of ether oxygens (including phenoxy) is 3. The molecule has 0 aromatic heterocycles. The van der Waals surface area contributed by atoms with Gasteiger partial charge < -0.3 is 14.2 Å². The first-order chi connectivity index (χ1) is 25.5. The van der Waals surface area contributed by atoms with E-state index < -0.39 is 6.10 Å². The van der Waals surface area contributed by atoms with Gasteiger partial charge in [0.15, 0.2) is 6.10 Å². The van der Waals surface area contributed by atoms with Crippen LogP contribution in [0.25, 0.3) is 0 Å². The van der Waals surface area contributed by atoms with Gasteiger partial charge in [0.25, 0.3) is 0 Å². The standard InChI is InChI=1S/C46H84O6/c1-4-7-10-13-16-19-22-23-25-27-30-33-36-39-45(48)51-42-43(41-50-44(47)38-35-32-29-26-21-18-15-12-9-6-3)52-46(49)40-37-34-31-28-24-20-17-14-11-8-5-2/h15,18,23,25,43H,4-14,16-17,19-22,24,26-42H2,1-3H3/b18-15-,25-23-. The first kappa shape index (κ1) is 49.9. The molecule has 0 heterocycles. The van der Waals surface area contributed by atoms with Gasteiger partial charge in [-0.15, -0.1) is 0 Å². The predicted octanol–water partition coefficient (Wildman–Crippen LogP) is 14.0. The fraction of sp³-hybridized carbons (Fsp3) is 0.848. The van der Waals surface area contributed by atoms with Crippen molar-refractivity contribution in [3.8, 4) is 0 Å². The van der Waals surface area contributed by atoms with Crippen LogP contribution < -0.4 is 0 Å². The summed E-state index contributed by atoms with van der Waals surface area (Å²) in [5.74, 6) is -0.906. The van der Waals surface area contributed by atoms with E-state index in [1.54, 1.807) is 0 Å². The molecule has 0 aliphatic rings. The summed E-state index contributed by atoms with van der Waals surface area (Å²) in [4.78, 5) is 37.6. The number of hydrogen-bond acceptors (Lipinski definition) is 6. The molecule has 0 fully saturated rings. The number of carbonyl (C=O) groups excluding carboxylic acids is 3. The van der Waals surface area contributed by atoms with Gasteiger partial charge in [0, 0.05) is 19.3 Å². The molecule has 52 heavy (non-hydrogen) atoms. The van der Waals surface area contributed by atoms with Gasteiger partial charge in [-0.3, -0.25) is 14.4 Å². The summed E-state index contributed by atoms with van der Waals surface area (Å²) in [6.07, 6.45) is 44.4. The third-order valence-electron chi connectivity index (χ3n) is 9.68. The highest BCUT2D eigenvalue weighted by atomic mass is 16.6. The van der Waals surface area contributed by atoms with Crippen LogP contribution in [0.5, 0.6) is 0 Å². The van der Waals surface area contributed by atoms with E-state index in [0.717, 1.165) is 89.9 Å². The molecular weight excluding hydrogens is 648 g/mol. The van der Waals surface area contributed by atoms with Crippen LogP contribution in [-0.2, 0) is 28.6 Å². The molecule has 0 rings (SSSR count). The van der Waals surface area contributed by atoms with E-state index in [1.165, 1.54) is 103 Å². The number of rotatable bonds is 40. The minimum atomic E-state index is -0.774. The molecule has 304 valence electrons. The van der Waals surface area contributed by atoms with Crippen LogP contribution in [0, 0.1) is 0 Å². The molecule has 0 amide bonds. The van der Waals surface area contributed by atoms with Crippen molar-refractivity contribution in [2.45, 2.75) is 239 Å². The van der Waals surface area contributed by atoms with Crippen LogP contribution >= 0.6 is 0 Å². The van der Waals surface area contributed by atoms with Crippen molar-refractivity contribution >= 4 is 17.9 Å². The number of unbranched alkanes of at least 4 members (excludes halogenated alkanes) is 25. The minimum absolute atomic E-state index is 0.0796. The second kappa shape index (κ2) is 41.6. The van der Waals surface area contributed by atoms with Gasteiger partial charge in [0.05, 0.1) is 0 Å². The Morgan fingerprint density at radius 3 is 1.04 bits per heavy atom. The van der Waals surface area contributed by atoms with Gasteiger partial charge >= 0.3 is 17.9 Å². The lowest BCUT2D eigenvalue weighted by Crippen LogP contribution is -2.30. The Bertz CT molecular complexity index is 850. The molecule has 6 nitrogen and oxygen atoms in total. The SMILES string of the molecule is CCCC/C=C\CCCCCCC(=O)OCC(COC(=O)CCCCC/C=C\CCCCCCCC)OC(=O)CCCCCCCCCCCCC. The maximum absolute atomic E-state index is 12.7. The molecule has 0 N–H and O–H groups in total. The third-order valence-corrected chi connectivity index (χ3v) is 9.68. The normalized spacial score (nSPS) is 12.1. The summed E-state index contributed by atoms with van der Waals surface area (Å²) in [6.45, 7) is 6.55. The zero-order valence-electron chi connectivity index (χ0n) is 34.6. The molecule has 0 radical (unpaired) electrons. The summed E-state index contributed by atoms with van der Waals surface area (Å²) in [7, 11) is 0. The molecule has 0 saturated carbocycles. The van der Waals surface area contributed by atoms with Crippen molar-refractivity contribution in [3.05, 3.63) is 24.3 Å². The van der Waals surface area contributed by atoms with Crippen molar-refractivity contribution in [1.29, 1.82) is 0 Å². The highest BCUT2D eigenvalue weighted by Crippen LogP contribution is 2.14. The monoisotopic (exact) mass is 733 g/mol. The van der Waals surface area contributed by atoms with Gasteiger partial charge in [-0.05, 0) is 64.2 Å². The Morgan fingerprint density at radius 1 is 0.365 bits per heavy atom. The summed E-state index contributed by atoms with van der Waals surface area (Å²) in [5, 5.41) is 0. The first-order valence-corrected chi connectivity index (χ1v) is 22.3. The van der Waals surface area contributed by atoms with Crippen molar-refractivity contribution in [1.82, 2.24) is 0 Å². The fourth-order valence-electron chi connectivity index (χ4n) is 6.24. The number of allylic oxidation sites excluding steroid dienone is 4. The van der Waals surface area contributed by atoms with Crippen molar-refractivity contribution in [2.75, 3.05) is 13.2 Å². The summed E-state index contributed by atoms with van der Waals surface area (Å²) in [6, 6.07) is 0. The molecule has 1 atom stereocenters. The van der Waals surface area contributed by atoms with Gasteiger partial charge in [0.1, 0.15) is 13.2 Å². The Morgan fingerprint density at radius 2 is 0.654 bits per heavy atom. The van der Waals surface area contributed by atoms with Crippen LogP contribution in [0.15, 0.2) is 24.3 Å². The van der Waals surface area contributed by atoms with Crippen molar-refractivity contribution in [3.63, 3.8) is 0 Å².